The highest BCUT2D eigenvalue weighted by molar-refractivity contribution is 6.27. The molecule has 0 spiro atoms. The number of rotatable bonds is 5. The SMILES string of the molecule is Cc1cc(N2C(=O)CN(c3ccc(C(F)(F)F)cc3)C2=O)cc(C)c1OC(C)(C)C(=O)O. The molecule has 0 bridgehead atoms. The average molecular weight is 450 g/mol. The number of amides is 3. The zero-order valence-electron chi connectivity index (χ0n) is 17.8. The van der Waals surface area contributed by atoms with Crippen LogP contribution in [0.2, 0.25) is 0 Å². The molecule has 10 heteroatoms. The standard InChI is InChI=1S/C22H21F3N2O5/c1-12-9-16(10-13(2)18(12)32-21(3,4)19(29)30)27-17(28)11-26(20(27)31)15-7-5-14(6-8-15)22(23,24)25/h5-10H,11H2,1-4H3,(H,29,30). The van der Waals surface area contributed by atoms with Crippen LogP contribution in [0, 0.1) is 13.8 Å². The highest BCUT2D eigenvalue weighted by Gasteiger charge is 2.39. The second kappa shape index (κ2) is 7.85. The number of aliphatic carboxylic acids is 1. The van der Waals surface area contributed by atoms with E-state index >= 15 is 0 Å². The summed E-state index contributed by atoms with van der Waals surface area (Å²) in [6.45, 7) is 5.78. The van der Waals surface area contributed by atoms with Crippen LogP contribution < -0.4 is 14.5 Å². The number of carboxylic acids is 1. The van der Waals surface area contributed by atoms with Gasteiger partial charge in [0, 0.05) is 5.69 Å². The monoisotopic (exact) mass is 450 g/mol. The first-order valence-electron chi connectivity index (χ1n) is 9.58. The van der Waals surface area contributed by atoms with Crippen molar-refractivity contribution >= 4 is 29.3 Å². The van der Waals surface area contributed by atoms with Gasteiger partial charge in [0.05, 0.1) is 11.3 Å². The predicted octanol–water partition coefficient (Wildman–Crippen LogP) is 4.54. The van der Waals surface area contributed by atoms with E-state index in [0.717, 1.165) is 34.1 Å². The molecule has 2 aromatic carbocycles. The van der Waals surface area contributed by atoms with Gasteiger partial charge in [-0.3, -0.25) is 9.69 Å². The van der Waals surface area contributed by atoms with E-state index in [2.05, 4.69) is 0 Å². The molecule has 170 valence electrons. The van der Waals surface area contributed by atoms with Crippen molar-refractivity contribution in [2.45, 2.75) is 39.5 Å². The third-order valence-electron chi connectivity index (χ3n) is 5.05. The van der Waals surface area contributed by atoms with Gasteiger partial charge in [0.25, 0.3) is 5.91 Å². The Kier molecular flexibility index (Phi) is 5.67. The lowest BCUT2D eigenvalue weighted by molar-refractivity contribution is -0.152. The van der Waals surface area contributed by atoms with Crippen molar-refractivity contribution in [1.82, 2.24) is 0 Å². The molecule has 3 rings (SSSR count). The number of halogens is 3. The van der Waals surface area contributed by atoms with Crippen LogP contribution in [0.1, 0.15) is 30.5 Å². The van der Waals surface area contributed by atoms with Crippen molar-refractivity contribution in [1.29, 1.82) is 0 Å². The molecule has 1 aliphatic heterocycles. The molecule has 3 amide bonds. The predicted molar refractivity (Wildman–Crippen MR) is 110 cm³/mol. The van der Waals surface area contributed by atoms with Gasteiger partial charge in [-0.2, -0.15) is 13.2 Å². The number of imide groups is 1. The summed E-state index contributed by atoms with van der Waals surface area (Å²) >= 11 is 0. The number of benzene rings is 2. The number of anilines is 2. The van der Waals surface area contributed by atoms with E-state index in [4.69, 9.17) is 4.74 Å². The van der Waals surface area contributed by atoms with Crippen molar-refractivity contribution in [3.63, 3.8) is 0 Å². The molecule has 0 atom stereocenters. The van der Waals surface area contributed by atoms with Crippen LogP contribution in [-0.2, 0) is 15.8 Å². The summed E-state index contributed by atoms with van der Waals surface area (Å²) in [6.07, 6.45) is -4.51. The Morgan fingerprint density at radius 2 is 1.53 bits per heavy atom. The van der Waals surface area contributed by atoms with Crippen molar-refractivity contribution < 1.29 is 37.4 Å². The van der Waals surface area contributed by atoms with Gasteiger partial charge in [-0.25, -0.2) is 14.5 Å². The number of urea groups is 1. The molecule has 2 aromatic rings. The second-order valence-corrected chi connectivity index (χ2v) is 7.97. The number of hydrogen-bond acceptors (Lipinski definition) is 4. The lowest BCUT2D eigenvalue weighted by atomic mass is 10.1. The number of alkyl halides is 3. The van der Waals surface area contributed by atoms with Crippen LogP contribution in [0.5, 0.6) is 5.75 Å². The van der Waals surface area contributed by atoms with Crippen LogP contribution in [0.4, 0.5) is 29.3 Å². The molecule has 0 radical (unpaired) electrons. The normalized spacial score (nSPS) is 14.8. The number of carboxylic acid groups (broad SMARTS) is 1. The molecule has 0 aromatic heterocycles. The lowest BCUT2D eigenvalue weighted by Crippen LogP contribution is -2.38. The van der Waals surface area contributed by atoms with Gasteiger partial charge in [-0.05, 0) is 75.2 Å². The third-order valence-corrected chi connectivity index (χ3v) is 5.05. The fourth-order valence-corrected chi connectivity index (χ4v) is 3.30. The molecule has 0 saturated carbocycles. The van der Waals surface area contributed by atoms with Gasteiger partial charge in [0.2, 0.25) is 0 Å². The molecular weight excluding hydrogens is 429 g/mol. The summed E-state index contributed by atoms with van der Waals surface area (Å²) in [4.78, 5) is 38.9. The highest BCUT2D eigenvalue weighted by Crippen LogP contribution is 2.35. The Bertz CT molecular complexity index is 1070. The van der Waals surface area contributed by atoms with Gasteiger partial charge < -0.3 is 9.84 Å². The van der Waals surface area contributed by atoms with E-state index in [-0.39, 0.29) is 17.9 Å². The first kappa shape index (κ1) is 23.1. The summed E-state index contributed by atoms with van der Waals surface area (Å²) in [5.74, 6) is -1.38. The van der Waals surface area contributed by atoms with Crippen LogP contribution in [0.15, 0.2) is 36.4 Å². The zero-order valence-corrected chi connectivity index (χ0v) is 17.8. The lowest BCUT2D eigenvalue weighted by Gasteiger charge is -2.25. The number of ether oxygens (including phenoxy) is 1. The molecular formula is C22H21F3N2O5. The number of aryl methyl sites for hydroxylation is 2. The molecule has 32 heavy (non-hydrogen) atoms. The van der Waals surface area contributed by atoms with Crippen molar-refractivity contribution in [3.05, 3.63) is 53.1 Å². The summed E-state index contributed by atoms with van der Waals surface area (Å²) < 4.78 is 44.0. The second-order valence-electron chi connectivity index (χ2n) is 7.97. The average Bonchev–Trinajstić information content (AvgIpc) is 2.98. The summed E-state index contributed by atoms with van der Waals surface area (Å²) in [7, 11) is 0. The van der Waals surface area contributed by atoms with Gasteiger partial charge in [0.15, 0.2) is 5.60 Å². The van der Waals surface area contributed by atoms with Crippen molar-refractivity contribution in [3.8, 4) is 5.75 Å². The van der Waals surface area contributed by atoms with Gasteiger partial charge in [-0.15, -0.1) is 0 Å². The number of nitrogens with zero attached hydrogens (tertiary/aromatic N) is 2. The number of carbonyl (C=O) groups is 3. The van der Waals surface area contributed by atoms with Crippen LogP contribution in [0.3, 0.4) is 0 Å². The van der Waals surface area contributed by atoms with Crippen molar-refractivity contribution in [2.24, 2.45) is 0 Å². The molecule has 1 aliphatic rings. The van der Waals surface area contributed by atoms with Crippen LogP contribution in [0.25, 0.3) is 0 Å². The maximum Gasteiger partial charge on any atom is 0.416 e. The van der Waals surface area contributed by atoms with Crippen LogP contribution >= 0.6 is 0 Å². The minimum Gasteiger partial charge on any atom is -0.478 e. The zero-order chi connectivity index (χ0) is 24.0. The quantitative estimate of drug-likeness (QED) is 0.676. The highest BCUT2D eigenvalue weighted by atomic mass is 19.4. The Morgan fingerprint density at radius 1 is 1.00 bits per heavy atom. The first-order valence-corrected chi connectivity index (χ1v) is 9.58. The minimum absolute atomic E-state index is 0.162. The van der Waals surface area contributed by atoms with Gasteiger partial charge >= 0.3 is 18.2 Å². The largest absolute Gasteiger partial charge is 0.478 e. The molecule has 1 fully saturated rings. The Labute approximate surface area is 182 Å². The van der Waals surface area contributed by atoms with Gasteiger partial charge in [-0.1, -0.05) is 0 Å². The molecule has 1 saturated heterocycles. The van der Waals surface area contributed by atoms with Crippen LogP contribution in [-0.4, -0.2) is 35.2 Å². The summed E-state index contributed by atoms with van der Waals surface area (Å²) in [5.41, 5.74) is -0.899. The third kappa shape index (κ3) is 4.25. The minimum atomic E-state index is -4.51. The van der Waals surface area contributed by atoms with Crippen molar-refractivity contribution in [2.75, 3.05) is 16.3 Å². The molecule has 0 unspecified atom stereocenters. The first-order chi connectivity index (χ1) is 14.7. The maximum absolute atomic E-state index is 12.9. The fourth-order valence-electron chi connectivity index (χ4n) is 3.30. The maximum atomic E-state index is 12.9. The molecule has 1 heterocycles. The topological polar surface area (TPSA) is 87.2 Å². The van der Waals surface area contributed by atoms with E-state index in [1.165, 1.54) is 26.0 Å². The molecule has 1 N–H and O–H groups in total. The van der Waals surface area contributed by atoms with E-state index in [0.29, 0.717) is 16.9 Å². The van der Waals surface area contributed by atoms with E-state index in [9.17, 15) is 32.7 Å². The summed E-state index contributed by atoms with van der Waals surface area (Å²) in [5, 5.41) is 9.29. The molecule has 7 nitrogen and oxygen atoms in total. The fraction of sp³-hybridized carbons (Fsp3) is 0.318. The molecule has 0 aliphatic carbocycles. The Hall–Kier alpha value is -3.56. The smallest absolute Gasteiger partial charge is 0.416 e. The van der Waals surface area contributed by atoms with E-state index in [1.807, 2.05) is 0 Å². The Morgan fingerprint density at radius 3 is 2.00 bits per heavy atom. The number of carbonyl (C=O) groups excluding carboxylic acids is 2. The van der Waals surface area contributed by atoms with E-state index < -0.39 is 35.2 Å². The van der Waals surface area contributed by atoms with Gasteiger partial charge in [0.1, 0.15) is 12.3 Å². The summed E-state index contributed by atoms with van der Waals surface area (Å²) in [6, 6.07) is 6.31. The van der Waals surface area contributed by atoms with E-state index in [1.54, 1.807) is 13.8 Å². The number of hydrogen-bond donors (Lipinski definition) is 1. The Balaban J connectivity index is 1.90.